The van der Waals surface area contributed by atoms with Crippen LogP contribution >= 0.6 is 34.2 Å². The highest BCUT2D eigenvalue weighted by atomic mass is 127. The summed E-state index contributed by atoms with van der Waals surface area (Å²) in [7, 11) is 1.73. The summed E-state index contributed by atoms with van der Waals surface area (Å²) in [5.41, 5.74) is 0.639. The molecule has 0 unspecified atom stereocenters. The predicted octanol–water partition coefficient (Wildman–Crippen LogP) is 2.52. The van der Waals surface area contributed by atoms with E-state index in [-0.39, 0.29) is 5.56 Å². The fourth-order valence-electron chi connectivity index (χ4n) is 1.41. The molecule has 0 N–H and O–H groups in total. The molecule has 0 saturated heterocycles. The lowest BCUT2D eigenvalue weighted by Gasteiger charge is -2.06. The summed E-state index contributed by atoms with van der Waals surface area (Å²) in [5, 5.41) is 1.21. The number of nitrogens with zero attached hydrogens (tertiary/aromatic N) is 2. The Kier molecular flexibility index (Phi) is 2.97. The molecule has 15 heavy (non-hydrogen) atoms. The Hall–Kier alpha value is -0.620. The van der Waals surface area contributed by atoms with Crippen LogP contribution < -0.4 is 5.56 Å². The quantitative estimate of drug-likeness (QED) is 0.593. The summed E-state index contributed by atoms with van der Waals surface area (Å²) in [6.07, 6.45) is 0. The Balaban J connectivity index is 2.91. The van der Waals surface area contributed by atoms with Gasteiger partial charge >= 0.3 is 0 Å². The van der Waals surface area contributed by atoms with E-state index in [1.54, 1.807) is 29.8 Å². The van der Waals surface area contributed by atoms with Crippen molar-refractivity contribution < 1.29 is 0 Å². The lowest BCUT2D eigenvalue weighted by atomic mass is 10.2. The third-order valence-corrected chi connectivity index (χ3v) is 3.17. The number of hydrogen-bond donors (Lipinski definition) is 0. The molecule has 2 rings (SSSR count). The summed E-state index contributed by atoms with van der Waals surface area (Å²) in [6, 6.07) is 5.13. The molecule has 78 valence electrons. The Morgan fingerprint density at radius 1 is 1.53 bits per heavy atom. The average Bonchev–Trinajstić information content (AvgIpc) is 2.23. The van der Waals surface area contributed by atoms with Gasteiger partial charge in [-0.3, -0.25) is 9.36 Å². The molecule has 0 amide bonds. The molecule has 0 saturated carbocycles. The molecular formula is C10H8ClIN2O. The third kappa shape index (κ3) is 1.88. The first kappa shape index (κ1) is 10.9. The molecule has 0 aliphatic heterocycles. The smallest absolute Gasteiger partial charge is 0.261 e. The summed E-state index contributed by atoms with van der Waals surface area (Å²) in [5.74, 6) is 0.760. The highest BCUT2D eigenvalue weighted by molar-refractivity contribution is 14.1. The highest BCUT2D eigenvalue weighted by Crippen LogP contribution is 2.15. The molecule has 0 fully saturated rings. The maximum Gasteiger partial charge on any atom is 0.261 e. The highest BCUT2D eigenvalue weighted by Gasteiger charge is 2.06. The lowest BCUT2D eigenvalue weighted by molar-refractivity contribution is 0.790. The minimum atomic E-state index is -0.0247. The van der Waals surface area contributed by atoms with Crippen LogP contribution in [0.5, 0.6) is 0 Å². The maximum absolute atomic E-state index is 11.9. The molecule has 0 spiro atoms. The summed E-state index contributed by atoms with van der Waals surface area (Å²) < 4.78 is 2.27. The Labute approximate surface area is 105 Å². The van der Waals surface area contributed by atoms with Crippen LogP contribution in [0.1, 0.15) is 5.82 Å². The monoisotopic (exact) mass is 334 g/mol. The zero-order chi connectivity index (χ0) is 11.0. The molecule has 2 aromatic rings. The minimum Gasteiger partial charge on any atom is -0.299 e. The van der Waals surface area contributed by atoms with Gasteiger partial charge in [0.1, 0.15) is 5.82 Å². The van der Waals surface area contributed by atoms with E-state index in [1.807, 2.05) is 0 Å². The number of rotatable bonds is 1. The molecule has 1 heterocycles. The summed E-state index contributed by atoms with van der Waals surface area (Å²) >= 11 is 8.04. The molecule has 0 aliphatic carbocycles. The number of alkyl halides is 1. The van der Waals surface area contributed by atoms with Crippen molar-refractivity contribution in [2.45, 2.75) is 4.43 Å². The maximum atomic E-state index is 11.9. The van der Waals surface area contributed by atoms with Crippen molar-refractivity contribution >= 4 is 45.1 Å². The molecule has 0 bridgehead atoms. The zero-order valence-electron chi connectivity index (χ0n) is 8.00. The topological polar surface area (TPSA) is 34.9 Å². The Morgan fingerprint density at radius 3 is 2.93 bits per heavy atom. The molecule has 0 aliphatic rings. The molecule has 1 aromatic carbocycles. The molecule has 0 atom stereocenters. The van der Waals surface area contributed by atoms with Crippen molar-refractivity contribution in [3.05, 3.63) is 39.4 Å². The standard InChI is InChI=1S/C10H8ClIN2O/c1-14-9(5-12)13-8-4-6(11)2-3-7(8)10(14)15/h2-4H,5H2,1H3. The SMILES string of the molecule is Cn1c(CI)nc2cc(Cl)ccc2c1=O. The number of benzene rings is 1. The van der Waals surface area contributed by atoms with Crippen molar-refractivity contribution in [3.63, 3.8) is 0 Å². The first-order valence-electron chi connectivity index (χ1n) is 4.34. The van der Waals surface area contributed by atoms with Gasteiger partial charge in [-0.1, -0.05) is 34.2 Å². The first-order valence-corrected chi connectivity index (χ1v) is 6.25. The van der Waals surface area contributed by atoms with Crippen LogP contribution in [0.3, 0.4) is 0 Å². The molecule has 0 radical (unpaired) electrons. The van der Waals surface area contributed by atoms with E-state index in [0.29, 0.717) is 20.4 Å². The van der Waals surface area contributed by atoms with Gasteiger partial charge in [0.25, 0.3) is 5.56 Å². The van der Waals surface area contributed by atoms with Crippen LogP contribution in [0.4, 0.5) is 0 Å². The number of fused-ring (bicyclic) bond motifs is 1. The van der Waals surface area contributed by atoms with E-state index in [2.05, 4.69) is 27.6 Å². The lowest BCUT2D eigenvalue weighted by Crippen LogP contribution is -2.21. The van der Waals surface area contributed by atoms with Gasteiger partial charge in [-0.15, -0.1) is 0 Å². The largest absolute Gasteiger partial charge is 0.299 e. The number of hydrogen-bond acceptors (Lipinski definition) is 2. The van der Waals surface area contributed by atoms with Gasteiger partial charge in [0, 0.05) is 12.1 Å². The third-order valence-electron chi connectivity index (χ3n) is 2.25. The summed E-state index contributed by atoms with van der Waals surface area (Å²) in [6.45, 7) is 0. The second-order valence-corrected chi connectivity index (χ2v) is 4.39. The molecule has 3 nitrogen and oxygen atoms in total. The van der Waals surface area contributed by atoms with Crippen molar-refractivity contribution in [2.75, 3.05) is 0 Å². The van der Waals surface area contributed by atoms with Gasteiger partial charge in [0.2, 0.25) is 0 Å². The second-order valence-electron chi connectivity index (χ2n) is 3.19. The van der Waals surface area contributed by atoms with E-state index in [0.717, 1.165) is 5.82 Å². The van der Waals surface area contributed by atoms with E-state index in [9.17, 15) is 4.79 Å². The van der Waals surface area contributed by atoms with Gasteiger partial charge in [0.05, 0.1) is 15.3 Å². The number of halogens is 2. The van der Waals surface area contributed by atoms with Gasteiger partial charge in [-0.05, 0) is 18.2 Å². The van der Waals surface area contributed by atoms with Gasteiger partial charge in [-0.2, -0.15) is 0 Å². The van der Waals surface area contributed by atoms with E-state index >= 15 is 0 Å². The van der Waals surface area contributed by atoms with Crippen molar-refractivity contribution in [3.8, 4) is 0 Å². The van der Waals surface area contributed by atoms with Crippen LogP contribution in [0.2, 0.25) is 5.02 Å². The first-order chi connectivity index (χ1) is 7.13. The predicted molar refractivity (Wildman–Crippen MR) is 69.7 cm³/mol. The zero-order valence-corrected chi connectivity index (χ0v) is 10.9. The fourth-order valence-corrected chi connectivity index (χ4v) is 2.26. The average molecular weight is 335 g/mol. The van der Waals surface area contributed by atoms with E-state index in [4.69, 9.17) is 11.6 Å². The van der Waals surface area contributed by atoms with Crippen LogP contribution in [-0.4, -0.2) is 9.55 Å². The van der Waals surface area contributed by atoms with Gasteiger partial charge in [0.15, 0.2) is 0 Å². The Morgan fingerprint density at radius 2 is 2.27 bits per heavy atom. The van der Waals surface area contributed by atoms with Crippen molar-refractivity contribution in [1.29, 1.82) is 0 Å². The normalized spacial score (nSPS) is 10.9. The summed E-state index contributed by atoms with van der Waals surface area (Å²) in [4.78, 5) is 16.3. The van der Waals surface area contributed by atoms with Crippen LogP contribution in [0.15, 0.2) is 23.0 Å². The van der Waals surface area contributed by atoms with Gasteiger partial charge in [-0.25, -0.2) is 4.98 Å². The van der Waals surface area contributed by atoms with E-state index < -0.39 is 0 Å². The number of aromatic nitrogens is 2. The van der Waals surface area contributed by atoms with Gasteiger partial charge < -0.3 is 0 Å². The fraction of sp³-hybridized carbons (Fsp3) is 0.200. The van der Waals surface area contributed by atoms with Crippen molar-refractivity contribution in [1.82, 2.24) is 9.55 Å². The van der Waals surface area contributed by atoms with Crippen molar-refractivity contribution in [2.24, 2.45) is 7.05 Å². The molecule has 1 aromatic heterocycles. The Bertz CT molecular complexity index is 579. The van der Waals surface area contributed by atoms with E-state index in [1.165, 1.54) is 0 Å². The van der Waals surface area contributed by atoms with Crippen LogP contribution in [-0.2, 0) is 11.5 Å². The molecular weight excluding hydrogens is 326 g/mol. The minimum absolute atomic E-state index is 0.0247. The molecule has 5 heteroatoms. The van der Waals surface area contributed by atoms with Crippen LogP contribution in [0, 0.1) is 0 Å². The second kappa shape index (κ2) is 4.09. The van der Waals surface area contributed by atoms with Crippen LogP contribution in [0.25, 0.3) is 10.9 Å².